The predicted molar refractivity (Wildman–Crippen MR) is 70.2 cm³/mol. The number of epoxide rings is 1. The Balaban J connectivity index is 1.78. The van der Waals surface area contributed by atoms with Crippen molar-refractivity contribution < 1.29 is 22.1 Å². The van der Waals surface area contributed by atoms with Gasteiger partial charge in [-0.15, -0.1) is 0 Å². The molecular weight excluding hydrogens is 268 g/mol. The molecule has 0 bridgehead atoms. The molecule has 0 saturated carbocycles. The van der Waals surface area contributed by atoms with E-state index >= 15 is 0 Å². The van der Waals surface area contributed by atoms with Gasteiger partial charge in [-0.25, -0.2) is 0 Å². The lowest BCUT2D eigenvalue weighted by Crippen LogP contribution is -2.25. The third-order valence-electron chi connectivity index (χ3n) is 2.65. The van der Waals surface area contributed by atoms with Gasteiger partial charge in [0.15, 0.2) is 0 Å². The van der Waals surface area contributed by atoms with Crippen molar-refractivity contribution in [2.24, 2.45) is 0 Å². The predicted octanol–water partition coefficient (Wildman–Crippen LogP) is 1.34. The van der Waals surface area contributed by atoms with Gasteiger partial charge in [-0.1, -0.05) is 30.3 Å². The fourth-order valence-electron chi connectivity index (χ4n) is 1.76. The molecule has 5 nitrogen and oxygen atoms in total. The second kappa shape index (κ2) is 6.47. The Morgan fingerprint density at radius 1 is 1.37 bits per heavy atom. The van der Waals surface area contributed by atoms with Crippen molar-refractivity contribution in [2.45, 2.75) is 25.2 Å². The van der Waals surface area contributed by atoms with Gasteiger partial charge in [-0.3, -0.25) is 4.18 Å². The van der Waals surface area contributed by atoms with E-state index in [2.05, 4.69) is 0 Å². The molecule has 2 atom stereocenters. The van der Waals surface area contributed by atoms with Gasteiger partial charge in [0, 0.05) is 6.42 Å². The van der Waals surface area contributed by atoms with Gasteiger partial charge < -0.3 is 9.47 Å². The molecule has 0 radical (unpaired) electrons. The van der Waals surface area contributed by atoms with Gasteiger partial charge in [-0.05, 0) is 5.56 Å². The summed E-state index contributed by atoms with van der Waals surface area (Å²) >= 11 is 0. The summed E-state index contributed by atoms with van der Waals surface area (Å²) in [6.07, 6.45) is 1.21. The number of hydrogen-bond acceptors (Lipinski definition) is 5. The van der Waals surface area contributed by atoms with E-state index in [0.717, 1.165) is 11.8 Å². The highest BCUT2D eigenvalue weighted by Crippen LogP contribution is 2.19. The Kier molecular flexibility index (Phi) is 4.93. The van der Waals surface area contributed by atoms with E-state index in [1.807, 2.05) is 30.3 Å². The molecule has 1 aliphatic heterocycles. The van der Waals surface area contributed by atoms with Crippen LogP contribution in [0.5, 0.6) is 0 Å². The van der Waals surface area contributed by atoms with E-state index in [9.17, 15) is 8.42 Å². The summed E-state index contributed by atoms with van der Waals surface area (Å²) in [5, 5.41) is 0. The van der Waals surface area contributed by atoms with Crippen molar-refractivity contribution >= 4 is 10.1 Å². The average molecular weight is 286 g/mol. The summed E-state index contributed by atoms with van der Waals surface area (Å²) < 4.78 is 37.9. The van der Waals surface area contributed by atoms with Crippen molar-refractivity contribution in [3.63, 3.8) is 0 Å². The van der Waals surface area contributed by atoms with Crippen molar-refractivity contribution in [2.75, 3.05) is 19.5 Å². The maximum Gasteiger partial charge on any atom is 0.264 e. The van der Waals surface area contributed by atoms with Crippen LogP contribution in [0.15, 0.2) is 30.3 Å². The van der Waals surface area contributed by atoms with Crippen LogP contribution in [-0.4, -0.2) is 40.1 Å². The minimum absolute atomic E-state index is 0.104. The Morgan fingerprint density at radius 2 is 2.05 bits per heavy atom. The first-order valence-corrected chi connectivity index (χ1v) is 7.96. The van der Waals surface area contributed by atoms with Gasteiger partial charge in [0.2, 0.25) is 0 Å². The lowest BCUT2D eigenvalue weighted by molar-refractivity contribution is 0.0375. The summed E-state index contributed by atoms with van der Waals surface area (Å²) in [6.45, 7) is 1.35. The topological polar surface area (TPSA) is 65.1 Å². The maximum absolute atomic E-state index is 11.2. The normalized spacial score (nSPS) is 20.2. The van der Waals surface area contributed by atoms with Crippen LogP contribution in [0.4, 0.5) is 0 Å². The van der Waals surface area contributed by atoms with Crippen LogP contribution < -0.4 is 0 Å². The molecule has 1 aliphatic rings. The fourth-order valence-corrected chi connectivity index (χ4v) is 2.39. The molecule has 0 aliphatic carbocycles. The molecule has 1 fully saturated rings. The average Bonchev–Trinajstić information content (AvgIpc) is 3.12. The van der Waals surface area contributed by atoms with Crippen molar-refractivity contribution in [3.05, 3.63) is 35.9 Å². The van der Waals surface area contributed by atoms with E-state index in [-0.39, 0.29) is 12.7 Å². The third kappa shape index (κ3) is 6.15. The molecule has 0 amide bonds. The zero-order valence-corrected chi connectivity index (χ0v) is 11.6. The summed E-state index contributed by atoms with van der Waals surface area (Å²) in [5.41, 5.74) is 1.04. The molecule has 19 heavy (non-hydrogen) atoms. The Hall–Kier alpha value is -0.950. The van der Waals surface area contributed by atoms with E-state index in [4.69, 9.17) is 13.7 Å². The molecule has 0 spiro atoms. The van der Waals surface area contributed by atoms with Crippen molar-refractivity contribution in [1.29, 1.82) is 0 Å². The monoisotopic (exact) mass is 286 g/mol. The molecule has 1 heterocycles. The Labute approximate surface area is 113 Å². The molecule has 1 aromatic carbocycles. The number of hydrogen-bond donors (Lipinski definition) is 0. The second-order valence-corrected chi connectivity index (χ2v) is 6.21. The molecule has 1 aromatic rings. The van der Waals surface area contributed by atoms with Crippen LogP contribution in [0.2, 0.25) is 0 Å². The summed E-state index contributed by atoms with van der Waals surface area (Å²) in [4.78, 5) is 0. The van der Waals surface area contributed by atoms with E-state index < -0.39 is 16.2 Å². The molecule has 0 aromatic heterocycles. The molecule has 1 unspecified atom stereocenters. The molecule has 0 N–H and O–H groups in total. The van der Waals surface area contributed by atoms with E-state index in [1.165, 1.54) is 0 Å². The highest BCUT2D eigenvalue weighted by molar-refractivity contribution is 7.86. The van der Waals surface area contributed by atoms with E-state index in [0.29, 0.717) is 19.6 Å². The maximum atomic E-state index is 11.2. The van der Waals surface area contributed by atoms with Crippen LogP contribution in [0, 0.1) is 0 Å². The second-order valence-electron chi connectivity index (χ2n) is 4.61. The van der Waals surface area contributed by atoms with Gasteiger partial charge in [0.25, 0.3) is 10.1 Å². The highest BCUT2D eigenvalue weighted by Gasteiger charge is 2.29. The zero-order chi connectivity index (χ0) is 13.7. The zero-order valence-electron chi connectivity index (χ0n) is 10.8. The molecule has 2 rings (SSSR count). The highest BCUT2D eigenvalue weighted by atomic mass is 32.2. The summed E-state index contributed by atoms with van der Waals surface area (Å²) in [6, 6.07) is 9.71. The number of rotatable bonds is 8. The molecular formula is C13H18O5S. The van der Waals surface area contributed by atoms with Gasteiger partial charge >= 0.3 is 0 Å². The fraction of sp³-hybridized carbons (Fsp3) is 0.538. The lowest BCUT2D eigenvalue weighted by atomic mass is 10.2. The first-order chi connectivity index (χ1) is 9.03. The van der Waals surface area contributed by atoms with E-state index in [1.54, 1.807) is 0 Å². The number of benzene rings is 1. The Morgan fingerprint density at radius 3 is 2.63 bits per heavy atom. The van der Waals surface area contributed by atoms with Crippen LogP contribution in [-0.2, 0) is 30.4 Å². The van der Waals surface area contributed by atoms with Gasteiger partial charge in [-0.2, -0.15) is 8.42 Å². The van der Waals surface area contributed by atoms with Crippen LogP contribution in [0.3, 0.4) is 0 Å². The quantitative estimate of drug-likeness (QED) is 0.533. The summed E-state index contributed by atoms with van der Waals surface area (Å²) in [7, 11) is -3.47. The largest absolute Gasteiger partial charge is 0.374 e. The Bertz CT molecular complexity index is 481. The smallest absolute Gasteiger partial charge is 0.264 e. The molecule has 6 heteroatoms. The number of ether oxygens (including phenoxy) is 2. The third-order valence-corrected chi connectivity index (χ3v) is 3.28. The van der Waals surface area contributed by atoms with Gasteiger partial charge in [0.1, 0.15) is 6.10 Å². The lowest BCUT2D eigenvalue weighted by Gasteiger charge is -2.15. The van der Waals surface area contributed by atoms with Crippen LogP contribution in [0.1, 0.15) is 12.0 Å². The van der Waals surface area contributed by atoms with Crippen LogP contribution >= 0.6 is 0 Å². The minimum atomic E-state index is -3.47. The molecule has 1 saturated heterocycles. The first-order valence-electron chi connectivity index (χ1n) is 6.14. The molecule has 106 valence electrons. The van der Waals surface area contributed by atoms with Crippen molar-refractivity contribution in [3.8, 4) is 0 Å². The van der Waals surface area contributed by atoms with Gasteiger partial charge in [0.05, 0.1) is 32.2 Å². The standard InChI is InChI=1S/C13H18O5S/c1-19(14,15)18-13(7-12-10-17-12)9-16-8-11-5-3-2-4-6-11/h2-6,12-13H,7-10H2,1H3/t12?,13-/m1/s1. The minimum Gasteiger partial charge on any atom is -0.374 e. The summed E-state index contributed by atoms with van der Waals surface area (Å²) in [5.74, 6) is 0. The van der Waals surface area contributed by atoms with Crippen molar-refractivity contribution in [1.82, 2.24) is 0 Å². The first kappa shape index (κ1) is 14.5. The SMILES string of the molecule is CS(=O)(=O)O[C@@H](COCc1ccccc1)CC1CO1. The van der Waals surface area contributed by atoms with Crippen LogP contribution in [0.25, 0.3) is 0 Å².